The fourth-order valence-corrected chi connectivity index (χ4v) is 3.72. The van der Waals surface area contributed by atoms with Crippen LogP contribution in [0.2, 0.25) is 0 Å². The maximum Gasteiger partial charge on any atom is 0.322 e. The van der Waals surface area contributed by atoms with E-state index >= 15 is 0 Å². The number of anilines is 3. The van der Waals surface area contributed by atoms with Gasteiger partial charge >= 0.3 is 6.03 Å². The molecule has 4 rings (SSSR count). The van der Waals surface area contributed by atoms with Crippen molar-refractivity contribution in [2.45, 2.75) is 20.0 Å². The highest BCUT2D eigenvalue weighted by Crippen LogP contribution is 2.29. The van der Waals surface area contributed by atoms with Crippen LogP contribution in [0.25, 0.3) is 0 Å². The number of hydrogen-bond acceptors (Lipinski definition) is 6. The maximum atomic E-state index is 14.1. The number of rotatable bonds is 6. The highest BCUT2D eigenvalue weighted by molar-refractivity contribution is 5.89. The molecule has 0 aliphatic carbocycles. The molecule has 1 fully saturated rings. The number of hydrogen-bond donors (Lipinski definition) is 2. The molecule has 3 aromatic rings. The van der Waals surface area contributed by atoms with E-state index < -0.39 is 5.82 Å². The van der Waals surface area contributed by atoms with Gasteiger partial charge in [0.2, 0.25) is 5.95 Å². The topological polar surface area (TPSA) is 96.6 Å². The second-order valence-electron chi connectivity index (χ2n) is 7.73. The first-order valence-corrected chi connectivity index (χ1v) is 10.9. The summed E-state index contributed by atoms with van der Waals surface area (Å²) in [7, 11) is 0. The van der Waals surface area contributed by atoms with Gasteiger partial charge in [0.05, 0.1) is 17.1 Å². The zero-order valence-corrected chi connectivity index (χ0v) is 18.5. The molecule has 1 saturated heterocycles. The Kier molecular flexibility index (Phi) is 6.87. The number of nitrogens with one attached hydrogen (secondary N) is 1. The Bertz CT molecular complexity index is 1120. The molecular weight excluding hydrogens is 423 g/mol. The number of carbonyl (C=O) groups is 1. The van der Waals surface area contributed by atoms with Crippen LogP contribution in [0.4, 0.5) is 26.5 Å². The molecule has 2 heterocycles. The predicted molar refractivity (Wildman–Crippen MR) is 126 cm³/mol. The minimum atomic E-state index is -0.435. The van der Waals surface area contributed by atoms with Crippen molar-refractivity contribution in [2.24, 2.45) is 0 Å². The van der Waals surface area contributed by atoms with Crippen LogP contribution in [-0.4, -0.2) is 47.1 Å². The van der Waals surface area contributed by atoms with Crippen LogP contribution in [-0.2, 0) is 13.0 Å². The molecule has 33 heavy (non-hydrogen) atoms. The van der Waals surface area contributed by atoms with Crippen LogP contribution in [0.3, 0.4) is 0 Å². The number of nitrogens with zero attached hydrogens (tertiary/aromatic N) is 4. The number of aromatic nitrogens is 2. The van der Waals surface area contributed by atoms with Crippen molar-refractivity contribution in [3.05, 3.63) is 71.8 Å². The van der Waals surface area contributed by atoms with Gasteiger partial charge in [0, 0.05) is 32.4 Å². The van der Waals surface area contributed by atoms with E-state index in [1.165, 1.54) is 6.07 Å². The summed E-state index contributed by atoms with van der Waals surface area (Å²) in [5, 5.41) is 2.71. The molecule has 1 aliphatic rings. The highest BCUT2D eigenvalue weighted by atomic mass is 19.1. The van der Waals surface area contributed by atoms with Gasteiger partial charge in [-0.2, -0.15) is 0 Å². The number of nitrogen functional groups attached to an aromatic ring is 1. The molecular formula is C24H27FN6O2. The van der Waals surface area contributed by atoms with Crippen molar-refractivity contribution in [3.63, 3.8) is 0 Å². The van der Waals surface area contributed by atoms with Crippen molar-refractivity contribution in [1.82, 2.24) is 14.9 Å². The fraction of sp³-hybridized carbons (Fsp3) is 0.292. The molecule has 172 valence electrons. The molecule has 0 radical (unpaired) electrons. The van der Waals surface area contributed by atoms with Crippen LogP contribution in [0.5, 0.6) is 5.75 Å². The van der Waals surface area contributed by atoms with Gasteiger partial charge < -0.3 is 25.6 Å². The van der Waals surface area contributed by atoms with Crippen LogP contribution >= 0.6 is 0 Å². The van der Waals surface area contributed by atoms with Gasteiger partial charge in [-0.3, -0.25) is 0 Å². The van der Waals surface area contributed by atoms with Crippen molar-refractivity contribution < 1.29 is 13.9 Å². The Morgan fingerprint density at radius 1 is 1.15 bits per heavy atom. The van der Waals surface area contributed by atoms with Crippen LogP contribution in [0, 0.1) is 5.82 Å². The molecule has 1 aliphatic heterocycles. The minimum Gasteiger partial charge on any atom is -0.485 e. The number of piperazine rings is 1. The Balaban J connectivity index is 1.36. The molecule has 3 N–H and O–H groups in total. The van der Waals surface area contributed by atoms with Gasteiger partial charge in [0.25, 0.3) is 0 Å². The predicted octanol–water partition coefficient (Wildman–Crippen LogP) is 3.69. The fourth-order valence-electron chi connectivity index (χ4n) is 3.72. The summed E-state index contributed by atoms with van der Waals surface area (Å²) < 4.78 is 20.1. The lowest BCUT2D eigenvalue weighted by atomic mass is 10.1. The number of amides is 2. The van der Waals surface area contributed by atoms with Gasteiger partial charge in [0.15, 0.2) is 0 Å². The van der Waals surface area contributed by atoms with Crippen LogP contribution in [0.15, 0.2) is 54.7 Å². The van der Waals surface area contributed by atoms with Crippen molar-refractivity contribution >= 4 is 23.4 Å². The first-order valence-electron chi connectivity index (χ1n) is 10.9. The molecule has 2 aromatic carbocycles. The quantitative estimate of drug-likeness (QED) is 0.595. The van der Waals surface area contributed by atoms with E-state index in [9.17, 15) is 9.18 Å². The summed E-state index contributed by atoms with van der Waals surface area (Å²) in [6.45, 7) is 4.55. The van der Waals surface area contributed by atoms with Gasteiger partial charge in [-0.25, -0.2) is 19.2 Å². The van der Waals surface area contributed by atoms with E-state index in [0.29, 0.717) is 31.9 Å². The first kappa shape index (κ1) is 22.3. The molecule has 0 unspecified atom stereocenters. The Labute approximate surface area is 192 Å². The summed E-state index contributed by atoms with van der Waals surface area (Å²) in [6.07, 6.45) is 2.37. The average molecular weight is 451 g/mol. The lowest BCUT2D eigenvalue weighted by Crippen LogP contribution is -2.50. The third kappa shape index (κ3) is 5.49. The Morgan fingerprint density at radius 3 is 2.70 bits per heavy atom. The number of carbonyl (C=O) groups excluding carboxylic acids is 1. The zero-order valence-electron chi connectivity index (χ0n) is 18.5. The zero-order chi connectivity index (χ0) is 23.2. The van der Waals surface area contributed by atoms with E-state index in [-0.39, 0.29) is 24.3 Å². The standard InChI is InChI=1S/C24H27FN6O2/c1-2-17-7-8-19(25)20(15-17)29-24(32)31-13-11-30(12-14-31)21-5-3-4-6-22(21)33-16-18-9-10-27-23(26)28-18/h3-10,15H,2,11-14,16H2,1H3,(H,29,32)(H2,26,27,28). The number of para-hydroxylation sites is 2. The number of nitrogens with two attached hydrogens (primary N) is 1. The molecule has 8 nitrogen and oxygen atoms in total. The number of aryl methyl sites for hydroxylation is 1. The highest BCUT2D eigenvalue weighted by Gasteiger charge is 2.23. The minimum absolute atomic E-state index is 0.208. The summed E-state index contributed by atoms with van der Waals surface area (Å²) in [6, 6.07) is 14.0. The molecule has 0 atom stereocenters. The van der Waals surface area contributed by atoms with Crippen molar-refractivity contribution in [1.29, 1.82) is 0 Å². The van der Waals surface area contributed by atoms with E-state index in [2.05, 4.69) is 20.2 Å². The van der Waals surface area contributed by atoms with E-state index in [1.54, 1.807) is 29.3 Å². The van der Waals surface area contributed by atoms with E-state index in [1.807, 2.05) is 31.2 Å². The lowest BCUT2D eigenvalue weighted by molar-refractivity contribution is 0.208. The smallest absolute Gasteiger partial charge is 0.322 e. The Hall–Kier alpha value is -3.88. The number of benzene rings is 2. The molecule has 2 amide bonds. The second kappa shape index (κ2) is 10.2. The van der Waals surface area contributed by atoms with Crippen molar-refractivity contribution in [2.75, 3.05) is 42.1 Å². The molecule has 0 bridgehead atoms. The van der Waals surface area contributed by atoms with E-state index in [0.717, 1.165) is 23.4 Å². The molecule has 0 spiro atoms. The monoisotopic (exact) mass is 450 g/mol. The van der Waals surface area contributed by atoms with Gasteiger partial charge in [-0.05, 0) is 42.3 Å². The third-order valence-corrected chi connectivity index (χ3v) is 5.56. The third-order valence-electron chi connectivity index (χ3n) is 5.56. The maximum absolute atomic E-state index is 14.1. The summed E-state index contributed by atoms with van der Waals surface area (Å²) in [5.74, 6) is 0.502. The Morgan fingerprint density at radius 2 is 1.94 bits per heavy atom. The molecule has 1 aromatic heterocycles. The second-order valence-corrected chi connectivity index (χ2v) is 7.73. The molecule has 0 saturated carbocycles. The normalized spacial score (nSPS) is 13.6. The largest absolute Gasteiger partial charge is 0.485 e. The number of urea groups is 1. The van der Waals surface area contributed by atoms with Gasteiger partial charge in [-0.1, -0.05) is 25.1 Å². The summed E-state index contributed by atoms with van der Waals surface area (Å²) >= 11 is 0. The number of halogens is 1. The lowest BCUT2D eigenvalue weighted by Gasteiger charge is -2.36. The SMILES string of the molecule is CCc1ccc(F)c(NC(=O)N2CCN(c3ccccc3OCc3ccnc(N)n3)CC2)c1. The van der Waals surface area contributed by atoms with E-state index in [4.69, 9.17) is 10.5 Å². The summed E-state index contributed by atoms with van der Waals surface area (Å²) in [4.78, 5) is 24.6. The van der Waals surface area contributed by atoms with Crippen LogP contribution in [0.1, 0.15) is 18.2 Å². The molecule has 9 heteroatoms. The van der Waals surface area contributed by atoms with Gasteiger partial charge in [0.1, 0.15) is 18.2 Å². The number of ether oxygens (including phenoxy) is 1. The van der Waals surface area contributed by atoms with Gasteiger partial charge in [-0.15, -0.1) is 0 Å². The summed E-state index contributed by atoms with van der Waals surface area (Å²) in [5.41, 5.74) is 8.46. The first-order chi connectivity index (χ1) is 16.0. The average Bonchev–Trinajstić information content (AvgIpc) is 2.84. The van der Waals surface area contributed by atoms with Crippen molar-refractivity contribution in [3.8, 4) is 5.75 Å². The van der Waals surface area contributed by atoms with Crippen LogP contribution < -0.4 is 20.7 Å².